The minimum absolute atomic E-state index is 0.0350. The number of nitrogens with two attached hydrogens (primary N) is 1. The summed E-state index contributed by atoms with van der Waals surface area (Å²) >= 11 is 0. The SMILES string of the molecule is CC(C)(C)c1ccc2cc(NC(=O)c3coc([C@H](N)CCc4ccc(F)cc4)n3)cnc2c1. The van der Waals surface area contributed by atoms with Crippen molar-refractivity contribution in [3.05, 3.63) is 89.5 Å². The number of hydrogen-bond donors (Lipinski definition) is 2. The molecule has 6 nitrogen and oxygen atoms in total. The summed E-state index contributed by atoms with van der Waals surface area (Å²) in [7, 11) is 0. The molecule has 1 atom stereocenters. The molecule has 0 spiro atoms. The molecule has 3 N–H and O–H groups in total. The zero-order valence-electron chi connectivity index (χ0n) is 18.9. The highest BCUT2D eigenvalue weighted by atomic mass is 19.1. The fraction of sp³-hybridized carbons (Fsp3) is 0.269. The highest BCUT2D eigenvalue weighted by molar-refractivity contribution is 6.03. The van der Waals surface area contributed by atoms with Crippen molar-refractivity contribution in [1.29, 1.82) is 0 Å². The normalized spacial score (nSPS) is 12.6. The number of carbonyl (C=O) groups is 1. The number of hydrogen-bond acceptors (Lipinski definition) is 5. The number of nitrogens with one attached hydrogen (secondary N) is 1. The zero-order valence-corrected chi connectivity index (χ0v) is 18.9. The number of benzene rings is 2. The Morgan fingerprint density at radius 3 is 2.64 bits per heavy atom. The summed E-state index contributed by atoms with van der Waals surface area (Å²) in [4.78, 5) is 21.4. The Morgan fingerprint density at radius 2 is 1.91 bits per heavy atom. The van der Waals surface area contributed by atoms with Crippen LogP contribution in [0.5, 0.6) is 0 Å². The van der Waals surface area contributed by atoms with Gasteiger partial charge in [0, 0.05) is 5.39 Å². The molecule has 0 aliphatic carbocycles. The average molecular weight is 447 g/mol. The minimum Gasteiger partial charge on any atom is -0.446 e. The van der Waals surface area contributed by atoms with Crippen molar-refractivity contribution in [3.63, 3.8) is 0 Å². The first-order valence-corrected chi connectivity index (χ1v) is 10.9. The lowest BCUT2D eigenvalue weighted by Gasteiger charge is -2.19. The van der Waals surface area contributed by atoms with Gasteiger partial charge in [0.2, 0.25) is 5.89 Å². The van der Waals surface area contributed by atoms with Gasteiger partial charge >= 0.3 is 0 Å². The summed E-state index contributed by atoms with van der Waals surface area (Å²) < 4.78 is 18.5. The minimum atomic E-state index is -0.476. The number of amides is 1. The molecule has 2 heterocycles. The van der Waals surface area contributed by atoms with Crippen molar-refractivity contribution >= 4 is 22.5 Å². The lowest BCUT2D eigenvalue weighted by Crippen LogP contribution is -2.15. The molecule has 0 aliphatic heterocycles. The van der Waals surface area contributed by atoms with Crippen LogP contribution in [0.25, 0.3) is 10.9 Å². The molecule has 0 bridgehead atoms. The fourth-order valence-electron chi connectivity index (χ4n) is 3.51. The number of pyridine rings is 1. The van der Waals surface area contributed by atoms with Crippen LogP contribution in [0.2, 0.25) is 0 Å². The van der Waals surface area contributed by atoms with Gasteiger partial charge in [-0.25, -0.2) is 9.37 Å². The van der Waals surface area contributed by atoms with E-state index in [1.54, 1.807) is 18.3 Å². The van der Waals surface area contributed by atoms with Crippen LogP contribution in [0.3, 0.4) is 0 Å². The maximum atomic E-state index is 13.0. The summed E-state index contributed by atoms with van der Waals surface area (Å²) in [6.45, 7) is 6.47. The molecule has 0 fully saturated rings. The Balaban J connectivity index is 1.40. The molecule has 170 valence electrons. The lowest BCUT2D eigenvalue weighted by molar-refractivity contribution is 0.102. The Morgan fingerprint density at radius 1 is 1.15 bits per heavy atom. The highest BCUT2D eigenvalue weighted by Gasteiger charge is 2.18. The zero-order chi connectivity index (χ0) is 23.6. The second kappa shape index (κ2) is 9.11. The molecule has 4 rings (SSSR count). The van der Waals surface area contributed by atoms with Crippen molar-refractivity contribution in [2.45, 2.75) is 45.1 Å². The number of anilines is 1. The van der Waals surface area contributed by atoms with Gasteiger partial charge < -0.3 is 15.5 Å². The summed E-state index contributed by atoms with van der Waals surface area (Å²) in [6.07, 6.45) is 4.12. The topological polar surface area (TPSA) is 94.0 Å². The van der Waals surface area contributed by atoms with E-state index >= 15 is 0 Å². The van der Waals surface area contributed by atoms with Crippen molar-refractivity contribution in [2.24, 2.45) is 5.73 Å². The van der Waals surface area contributed by atoms with E-state index in [-0.39, 0.29) is 22.8 Å². The van der Waals surface area contributed by atoms with Gasteiger partial charge in [0.25, 0.3) is 5.91 Å². The number of halogens is 1. The highest BCUT2D eigenvalue weighted by Crippen LogP contribution is 2.26. The summed E-state index contributed by atoms with van der Waals surface area (Å²) in [6, 6.07) is 13.8. The van der Waals surface area contributed by atoms with Crippen LogP contribution in [0.1, 0.15) is 60.7 Å². The smallest absolute Gasteiger partial charge is 0.277 e. The number of aromatic nitrogens is 2. The number of aryl methyl sites for hydroxylation is 1. The van der Waals surface area contributed by atoms with E-state index in [9.17, 15) is 9.18 Å². The fourth-order valence-corrected chi connectivity index (χ4v) is 3.51. The molecule has 2 aromatic heterocycles. The maximum Gasteiger partial charge on any atom is 0.277 e. The summed E-state index contributed by atoms with van der Waals surface area (Å²) in [5.74, 6) is -0.389. The second-order valence-electron chi connectivity index (χ2n) is 9.18. The first-order valence-electron chi connectivity index (χ1n) is 10.9. The van der Waals surface area contributed by atoms with Gasteiger partial charge in [-0.15, -0.1) is 0 Å². The Hall–Kier alpha value is -3.58. The van der Waals surface area contributed by atoms with E-state index in [0.29, 0.717) is 18.5 Å². The van der Waals surface area contributed by atoms with Crippen LogP contribution in [-0.4, -0.2) is 15.9 Å². The largest absolute Gasteiger partial charge is 0.446 e. The van der Waals surface area contributed by atoms with Crippen molar-refractivity contribution in [1.82, 2.24) is 9.97 Å². The van der Waals surface area contributed by atoms with E-state index in [0.717, 1.165) is 16.5 Å². The van der Waals surface area contributed by atoms with Crippen LogP contribution >= 0.6 is 0 Å². The maximum absolute atomic E-state index is 13.0. The molecule has 0 unspecified atom stereocenters. The Labute approximate surface area is 192 Å². The number of nitrogens with zero attached hydrogens (tertiary/aromatic N) is 2. The predicted molar refractivity (Wildman–Crippen MR) is 127 cm³/mol. The molecule has 33 heavy (non-hydrogen) atoms. The number of fused-ring (bicyclic) bond motifs is 1. The molecule has 7 heteroatoms. The van der Waals surface area contributed by atoms with E-state index in [1.807, 2.05) is 12.1 Å². The molecule has 0 saturated carbocycles. The first-order chi connectivity index (χ1) is 15.7. The average Bonchev–Trinajstić information content (AvgIpc) is 3.28. The molecule has 0 saturated heterocycles. The first kappa shape index (κ1) is 22.6. The third kappa shape index (κ3) is 5.43. The van der Waals surface area contributed by atoms with Gasteiger partial charge in [0.1, 0.15) is 12.1 Å². The van der Waals surface area contributed by atoms with Crippen LogP contribution in [0.15, 0.2) is 65.4 Å². The molecule has 2 aromatic carbocycles. The monoisotopic (exact) mass is 446 g/mol. The summed E-state index contributed by atoms with van der Waals surface area (Å²) in [5.41, 5.74) is 9.96. The Bertz CT molecular complexity index is 1280. The molecular weight excluding hydrogens is 419 g/mol. The third-order valence-electron chi connectivity index (χ3n) is 5.54. The van der Waals surface area contributed by atoms with E-state index in [4.69, 9.17) is 10.2 Å². The quantitative estimate of drug-likeness (QED) is 0.405. The van der Waals surface area contributed by atoms with Crippen molar-refractivity contribution < 1.29 is 13.6 Å². The van der Waals surface area contributed by atoms with E-state index in [1.165, 1.54) is 24.0 Å². The van der Waals surface area contributed by atoms with E-state index < -0.39 is 11.9 Å². The molecule has 4 aromatic rings. The van der Waals surface area contributed by atoms with Crippen LogP contribution < -0.4 is 11.1 Å². The summed E-state index contributed by atoms with van der Waals surface area (Å²) in [5, 5.41) is 3.75. The Kier molecular flexibility index (Phi) is 6.24. The standard InChI is InChI=1S/C26H27FN4O2/c1-26(2,3)18-8-7-17-12-20(14-29-22(17)13-18)30-24(32)23-15-33-25(31-23)21(28)11-6-16-4-9-19(27)10-5-16/h4-5,7-10,12-15,21H,6,11,28H2,1-3H3,(H,30,32)/t21-/m1/s1. The van der Waals surface area contributed by atoms with Crippen LogP contribution in [0.4, 0.5) is 10.1 Å². The molecule has 0 aliphatic rings. The molecule has 1 amide bonds. The van der Waals surface area contributed by atoms with Gasteiger partial charge in [-0.3, -0.25) is 9.78 Å². The molecular formula is C26H27FN4O2. The molecule has 0 radical (unpaired) electrons. The van der Waals surface area contributed by atoms with Gasteiger partial charge in [-0.1, -0.05) is 45.0 Å². The predicted octanol–water partition coefficient (Wildman–Crippen LogP) is 5.54. The van der Waals surface area contributed by atoms with Gasteiger partial charge in [0.05, 0.1) is 23.4 Å². The van der Waals surface area contributed by atoms with Gasteiger partial charge in [0.15, 0.2) is 5.69 Å². The van der Waals surface area contributed by atoms with Crippen molar-refractivity contribution in [2.75, 3.05) is 5.32 Å². The van der Waals surface area contributed by atoms with Crippen LogP contribution in [-0.2, 0) is 11.8 Å². The number of rotatable bonds is 6. The lowest BCUT2D eigenvalue weighted by atomic mass is 9.86. The third-order valence-corrected chi connectivity index (χ3v) is 5.54. The van der Waals surface area contributed by atoms with Crippen molar-refractivity contribution in [3.8, 4) is 0 Å². The van der Waals surface area contributed by atoms with E-state index in [2.05, 4.69) is 48.2 Å². The second-order valence-corrected chi connectivity index (χ2v) is 9.18. The number of carbonyl (C=O) groups excluding carboxylic acids is 1. The number of oxazole rings is 1. The van der Waals surface area contributed by atoms with Crippen LogP contribution in [0, 0.1) is 5.82 Å². The van der Waals surface area contributed by atoms with Gasteiger partial charge in [-0.2, -0.15) is 0 Å². The van der Waals surface area contributed by atoms with Gasteiger partial charge in [-0.05, 0) is 53.6 Å².